The molecule has 0 radical (unpaired) electrons. The lowest BCUT2D eigenvalue weighted by molar-refractivity contribution is 0.473. The van der Waals surface area contributed by atoms with E-state index < -0.39 is 15.0 Å². The van der Waals surface area contributed by atoms with Crippen LogP contribution in [0.1, 0.15) is 0 Å². The molecule has 0 atom stereocenters. The second-order valence-corrected chi connectivity index (χ2v) is 5.79. The summed E-state index contributed by atoms with van der Waals surface area (Å²) in [5.41, 5.74) is 0. The number of aromatic hydroxyl groups is 2. The number of phenolic OH excluding ortho intramolecular Hbond substituents is 2. The lowest BCUT2D eigenvalue weighted by Gasteiger charge is -2.11. The van der Waals surface area contributed by atoms with E-state index in [0.29, 0.717) is 10.8 Å². The van der Waals surface area contributed by atoms with Crippen LogP contribution in [-0.4, -0.2) is 23.2 Å². The van der Waals surface area contributed by atoms with Gasteiger partial charge < -0.3 is 10.2 Å². The van der Waals surface area contributed by atoms with Gasteiger partial charge in [0, 0.05) is 21.5 Å². The first-order chi connectivity index (χ1) is 9.41. The summed E-state index contributed by atoms with van der Waals surface area (Å²) in [6.45, 7) is 0. The number of fused-ring (bicyclic) bond motifs is 2. The Morgan fingerprint density at radius 2 is 1.30 bits per heavy atom. The van der Waals surface area contributed by atoms with Crippen LogP contribution in [0, 0.1) is 0 Å². The van der Waals surface area contributed by atoms with Gasteiger partial charge in [0.15, 0.2) is 0 Å². The predicted octanol–water partition coefficient (Wildman–Crippen LogP) is 2.65. The second kappa shape index (κ2) is 4.09. The number of hydrogen-bond acceptors (Lipinski definition) is 4. The molecule has 0 aliphatic carbocycles. The molecule has 102 valence electrons. The van der Waals surface area contributed by atoms with E-state index in [-0.39, 0.29) is 22.3 Å². The normalized spacial score (nSPS) is 12.1. The van der Waals surface area contributed by atoms with Crippen molar-refractivity contribution in [1.82, 2.24) is 0 Å². The average molecular weight is 290 g/mol. The van der Waals surface area contributed by atoms with Gasteiger partial charge in [0.1, 0.15) is 16.4 Å². The van der Waals surface area contributed by atoms with Gasteiger partial charge in [-0.3, -0.25) is 4.55 Å². The van der Waals surface area contributed by atoms with Gasteiger partial charge in [-0.15, -0.1) is 0 Å². The smallest absolute Gasteiger partial charge is 0.295 e. The highest BCUT2D eigenvalue weighted by Crippen LogP contribution is 2.43. The highest BCUT2D eigenvalue weighted by atomic mass is 32.2. The fraction of sp³-hybridized carbons (Fsp3) is 0. The summed E-state index contributed by atoms with van der Waals surface area (Å²) in [5, 5.41) is 21.3. The van der Waals surface area contributed by atoms with Gasteiger partial charge >= 0.3 is 0 Å². The molecule has 3 aromatic carbocycles. The van der Waals surface area contributed by atoms with Crippen LogP contribution in [0.25, 0.3) is 21.5 Å². The van der Waals surface area contributed by atoms with Crippen molar-refractivity contribution in [2.45, 2.75) is 4.90 Å². The monoisotopic (exact) mass is 290 g/mol. The topological polar surface area (TPSA) is 94.8 Å². The zero-order valence-electron chi connectivity index (χ0n) is 10.1. The van der Waals surface area contributed by atoms with Crippen molar-refractivity contribution in [3.05, 3.63) is 42.5 Å². The molecule has 3 N–H and O–H groups in total. The largest absolute Gasteiger partial charge is 0.507 e. The van der Waals surface area contributed by atoms with Gasteiger partial charge in [0.2, 0.25) is 0 Å². The van der Waals surface area contributed by atoms with E-state index in [9.17, 15) is 23.2 Å². The van der Waals surface area contributed by atoms with Gasteiger partial charge in [-0.05, 0) is 6.07 Å². The Kier molecular flexibility index (Phi) is 2.60. The minimum Gasteiger partial charge on any atom is -0.507 e. The van der Waals surface area contributed by atoms with E-state index in [2.05, 4.69) is 0 Å². The van der Waals surface area contributed by atoms with E-state index in [1.54, 1.807) is 24.3 Å². The molecule has 0 heterocycles. The van der Waals surface area contributed by atoms with Gasteiger partial charge in [0.25, 0.3) is 10.1 Å². The summed E-state index contributed by atoms with van der Waals surface area (Å²) in [5.74, 6) is -0.430. The van der Waals surface area contributed by atoms with Crippen LogP contribution >= 0.6 is 0 Å². The summed E-state index contributed by atoms with van der Waals surface area (Å²) in [6, 6.07) is 10.6. The Bertz CT molecular complexity index is 945. The molecule has 0 amide bonds. The van der Waals surface area contributed by atoms with E-state index in [1.807, 2.05) is 0 Å². The molecule has 0 saturated carbocycles. The van der Waals surface area contributed by atoms with Gasteiger partial charge in [-0.2, -0.15) is 8.42 Å². The molecule has 5 nitrogen and oxygen atoms in total. The molecule has 0 unspecified atom stereocenters. The minimum absolute atomic E-state index is 0.0915. The molecule has 20 heavy (non-hydrogen) atoms. The molecule has 0 spiro atoms. The van der Waals surface area contributed by atoms with Crippen LogP contribution in [0.3, 0.4) is 0 Å². The highest BCUT2D eigenvalue weighted by Gasteiger charge is 2.21. The van der Waals surface area contributed by atoms with Crippen molar-refractivity contribution in [1.29, 1.82) is 0 Å². The lowest BCUT2D eigenvalue weighted by atomic mass is 10.0. The maximum Gasteiger partial charge on any atom is 0.295 e. The van der Waals surface area contributed by atoms with Gasteiger partial charge in [-0.1, -0.05) is 36.4 Å². The van der Waals surface area contributed by atoms with E-state index in [1.165, 1.54) is 18.2 Å². The first-order valence-corrected chi connectivity index (χ1v) is 7.18. The highest BCUT2D eigenvalue weighted by molar-refractivity contribution is 7.86. The summed E-state index contributed by atoms with van der Waals surface area (Å²) in [6.07, 6.45) is 0. The van der Waals surface area contributed by atoms with Crippen molar-refractivity contribution in [3.8, 4) is 11.5 Å². The summed E-state index contributed by atoms with van der Waals surface area (Å²) < 4.78 is 32.1. The molecule has 0 fully saturated rings. The SMILES string of the molecule is O=S(=O)(O)c1cccc2c(O)c3ccccc3c(O)c12. The van der Waals surface area contributed by atoms with Gasteiger partial charge in [-0.25, -0.2) is 0 Å². The first-order valence-electron chi connectivity index (χ1n) is 5.74. The van der Waals surface area contributed by atoms with Crippen molar-refractivity contribution in [3.63, 3.8) is 0 Å². The van der Waals surface area contributed by atoms with Crippen molar-refractivity contribution in [2.24, 2.45) is 0 Å². The Morgan fingerprint density at radius 1 is 0.750 bits per heavy atom. The second-order valence-electron chi connectivity index (χ2n) is 4.40. The van der Waals surface area contributed by atoms with Crippen LogP contribution in [0.2, 0.25) is 0 Å². The number of benzene rings is 3. The standard InChI is InChI=1S/C14H10O5S/c15-13-8-4-1-2-5-9(8)14(16)12-10(13)6-3-7-11(12)20(17,18)19/h1-7,15-16H,(H,17,18,19). The van der Waals surface area contributed by atoms with Crippen LogP contribution in [-0.2, 0) is 10.1 Å². The molecular weight excluding hydrogens is 280 g/mol. The van der Waals surface area contributed by atoms with Crippen LogP contribution in [0.15, 0.2) is 47.4 Å². The molecule has 0 aliphatic rings. The third-order valence-electron chi connectivity index (χ3n) is 3.23. The predicted molar refractivity (Wildman–Crippen MR) is 74.6 cm³/mol. The van der Waals surface area contributed by atoms with Crippen LogP contribution in [0.5, 0.6) is 11.5 Å². The number of rotatable bonds is 1. The summed E-state index contributed by atoms with van der Waals surface area (Å²) in [4.78, 5) is -0.437. The Hall–Kier alpha value is -2.31. The number of phenols is 2. The van der Waals surface area contributed by atoms with Crippen molar-refractivity contribution < 1.29 is 23.2 Å². The van der Waals surface area contributed by atoms with E-state index in [0.717, 1.165) is 0 Å². The lowest BCUT2D eigenvalue weighted by Crippen LogP contribution is -1.99. The average Bonchev–Trinajstić information content (AvgIpc) is 2.43. The quantitative estimate of drug-likeness (QED) is 0.364. The molecule has 0 aliphatic heterocycles. The molecule has 6 heteroatoms. The zero-order chi connectivity index (χ0) is 14.5. The molecule has 0 aromatic heterocycles. The molecule has 0 saturated heterocycles. The molecule has 3 rings (SSSR count). The minimum atomic E-state index is -4.51. The Morgan fingerprint density at radius 3 is 1.90 bits per heavy atom. The molecule has 3 aromatic rings. The molecular formula is C14H10O5S. The summed E-state index contributed by atoms with van der Waals surface area (Å²) in [7, 11) is -4.51. The van der Waals surface area contributed by atoms with Crippen molar-refractivity contribution in [2.75, 3.05) is 0 Å². The van der Waals surface area contributed by atoms with Crippen molar-refractivity contribution >= 4 is 31.7 Å². The number of hydrogen-bond donors (Lipinski definition) is 3. The zero-order valence-corrected chi connectivity index (χ0v) is 10.9. The summed E-state index contributed by atoms with van der Waals surface area (Å²) >= 11 is 0. The van der Waals surface area contributed by atoms with Gasteiger partial charge in [0.05, 0.1) is 0 Å². The fourth-order valence-electron chi connectivity index (χ4n) is 2.36. The maximum absolute atomic E-state index is 11.4. The van der Waals surface area contributed by atoms with Crippen LogP contribution in [0.4, 0.5) is 0 Å². The van der Waals surface area contributed by atoms with Crippen LogP contribution < -0.4 is 0 Å². The first kappa shape index (κ1) is 12.7. The van der Waals surface area contributed by atoms with E-state index in [4.69, 9.17) is 0 Å². The fourth-order valence-corrected chi connectivity index (χ4v) is 3.08. The maximum atomic E-state index is 11.4. The third kappa shape index (κ3) is 1.70. The Balaban J connectivity index is 2.68. The Labute approximate surface area is 114 Å². The molecule has 0 bridgehead atoms. The third-order valence-corrected chi connectivity index (χ3v) is 4.13. The van der Waals surface area contributed by atoms with E-state index >= 15 is 0 Å².